The van der Waals surface area contributed by atoms with Crippen LogP contribution in [0.3, 0.4) is 0 Å². The van der Waals surface area contributed by atoms with E-state index < -0.39 is 18.2 Å². The van der Waals surface area contributed by atoms with Gasteiger partial charge in [-0.3, -0.25) is 4.57 Å². The molecule has 0 spiro atoms. The predicted molar refractivity (Wildman–Crippen MR) is 59.3 cm³/mol. The second-order valence-electron chi connectivity index (χ2n) is 4.51. The zero-order valence-electron chi connectivity index (χ0n) is 9.75. The average Bonchev–Trinajstić information content (AvgIpc) is 2.52. The quantitative estimate of drug-likeness (QED) is 0.779. The molecule has 3 rings (SSSR count). The molecule has 1 aliphatic rings. The van der Waals surface area contributed by atoms with E-state index in [4.69, 9.17) is 0 Å². The Bertz CT molecular complexity index is 616. The summed E-state index contributed by atoms with van der Waals surface area (Å²) in [7, 11) is 0. The Morgan fingerprint density at radius 2 is 2.00 bits per heavy atom. The maximum absolute atomic E-state index is 13.8. The number of rotatable bonds is 2. The van der Waals surface area contributed by atoms with Gasteiger partial charge in [-0.1, -0.05) is 6.07 Å². The molecule has 1 fully saturated rings. The first-order valence-electron chi connectivity index (χ1n) is 5.88. The highest BCUT2D eigenvalue weighted by Gasteiger charge is 2.34. The van der Waals surface area contributed by atoms with Crippen LogP contribution >= 0.6 is 0 Å². The number of ether oxygens (including phenoxy) is 1. The molecule has 0 radical (unpaired) electrons. The summed E-state index contributed by atoms with van der Waals surface area (Å²) < 4.78 is 56.0. The summed E-state index contributed by atoms with van der Waals surface area (Å²) >= 11 is 0. The zero-order chi connectivity index (χ0) is 13.6. The average molecular weight is 274 g/mol. The topological polar surface area (TPSA) is 27.1 Å². The maximum Gasteiger partial charge on any atom is 0.573 e. The second kappa shape index (κ2) is 4.11. The van der Waals surface area contributed by atoms with Crippen LogP contribution in [0.2, 0.25) is 0 Å². The zero-order valence-corrected chi connectivity index (χ0v) is 9.75. The first-order valence-corrected chi connectivity index (χ1v) is 5.88. The van der Waals surface area contributed by atoms with Crippen LogP contribution in [0.25, 0.3) is 11.0 Å². The summed E-state index contributed by atoms with van der Waals surface area (Å²) in [5, 5.41) is 0. The van der Waals surface area contributed by atoms with E-state index in [1.54, 1.807) is 0 Å². The largest absolute Gasteiger partial charge is 0.573 e. The van der Waals surface area contributed by atoms with Crippen LogP contribution < -0.4 is 4.74 Å². The Hall–Kier alpha value is -1.79. The van der Waals surface area contributed by atoms with Crippen molar-refractivity contribution in [1.82, 2.24) is 9.55 Å². The molecular formula is C12H10F4N2O. The SMILES string of the molecule is Fc1nc2cccc(OC(F)(F)F)c2n1C1CCC1. The Kier molecular flexibility index (Phi) is 2.65. The summed E-state index contributed by atoms with van der Waals surface area (Å²) in [5.74, 6) is -0.409. The van der Waals surface area contributed by atoms with Crippen LogP contribution in [0.5, 0.6) is 5.75 Å². The van der Waals surface area contributed by atoms with Gasteiger partial charge in [0.05, 0.1) is 5.52 Å². The summed E-state index contributed by atoms with van der Waals surface area (Å²) in [6, 6.07) is 3.87. The molecular weight excluding hydrogens is 264 g/mol. The van der Waals surface area contributed by atoms with Crippen molar-refractivity contribution in [3.63, 3.8) is 0 Å². The summed E-state index contributed by atoms with van der Waals surface area (Å²) in [6.07, 6.45) is -3.16. The molecule has 2 aromatic rings. The van der Waals surface area contributed by atoms with Crippen LogP contribution in [0.4, 0.5) is 17.6 Å². The van der Waals surface area contributed by atoms with Crippen LogP contribution in [-0.2, 0) is 0 Å². The van der Waals surface area contributed by atoms with Crippen molar-refractivity contribution < 1.29 is 22.3 Å². The molecule has 19 heavy (non-hydrogen) atoms. The van der Waals surface area contributed by atoms with Crippen molar-refractivity contribution in [2.24, 2.45) is 0 Å². The third-order valence-electron chi connectivity index (χ3n) is 3.30. The van der Waals surface area contributed by atoms with E-state index in [-0.39, 0.29) is 17.1 Å². The number of imidazole rings is 1. The number of hydrogen-bond acceptors (Lipinski definition) is 2. The van der Waals surface area contributed by atoms with Crippen LogP contribution in [0.15, 0.2) is 18.2 Å². The first kappa shape index (κ1) is 12.3. The van der Waals surface area contributed by atoms with E-state index in [2.05, 4.69) is 9.72 Å². The molecule has 1 saturated carbocycles. The van der Waals surface area contributed by atoms with Gasteiger partial charge in [0.25, 0.3) is 6.08 Å². The van der Waals surface area contributed by atoms with Crippen molar-refractivity contribution in [3.05, 3.63) is 24.3 Å². The lowest BCUT2D eigenvalue weighted by Crippen LogP contribution is -2.21. The number of alkyl halides is 3. The number of benzene rings is 1. The second-order valence-corrected chi connectivity index (χ2v) is 4.51. The summed E-state index contributed by atoms with van der Waals surface area (Å²) in [5.41, 5.74) is 0.244. The Morgan fingerprint density at radius 1 is 1.26 bits per heavy atom. The highest BCUT2D eigenvalue weighted by Crippen LogP contribution is 2.39. The highest BCUT2D eigenvalue weighted by atomic mass is 19.4. The molecule has 0 atom stereocenters. The number of nitrogens with zero attached hydrogens (tertiary/aromatic N) is 2. The van der Waals surface area contributed by atoms with Gasteiger partial charge >= 0.3 is 6.36 Å². The fraction of sp³-hybridized carbons (Fsp3) is 0.417. The molecule has 0 saturated heterocycles. The Balaban J connectivity index is 2.16. The smallest absolute Gasteiger partial charge is 0.403 e. The molecule has 0 unspecified atom stereocenters. The third-order valence-corrected chi connectivity index (χ3v) is 3.30. The van der Waals surface area contributed by atoms with Crippen molar-refractivity contribution in [2.75, 3.05) is 0 Å². The van der Waals surface area contributed by atoms with Crippen molar-refractivity contribution in [3.8, 4) is 5.75 Å². The van der Waals surface area contributed by atoms with E-state index >= 15 is 0 Å². The molecule has 102 valence electrons. The number of halogens is 4. The molecule has 1 aromatic carbocycles. The van der Waals surface area contributed by atoms with Gasteiger partial charge in [0.2, 0.25) is 0 Å². The minimum absolute atomic E-state index is 0.0713. The van der Waals surface area contributed by atoms with Gasteiger partial charge in [0.15, 0.2) is 5.75 Å². The lowest BCUT2D eigenvalue weighted by atomic mass is 9.93. The lowest BCUT2D eigenvalue weighted by Gasteiger charge is -2.28. The molecule has 0 N–H and O–H groups in total. The highest BCUT2D eigenvalue weighted by molar-refractivity contribution is 5.82. The minimum atomic E-state index is -4.81. The van der Waals surface area contributed by atoms with Crippen LogP contribution in [0, 0.1) is 6.08 Å². The third kappa shape index (κ3) is 2.13. The van der Waals surface area contributed by atoms with E-state index in [0.717, 1.165) is 19.3 Å². The van der Waals surface area contributed by atoms with Crippen LogP contribution in [-0.4, -0.2) is 15.9 Å². The molecule has 7 heteroatoms. The van der Waals surface area contributed by atoms with E-state index in [9.17, 15) is 17.6 Å². The van der Waals surface area contributed by atoms with Gasteiger partial charge in [-0.25, -0.2) is 4.98 Å². The normalized spacial score (nSPS) is 16.6. The molecule has 1 heterocycles. The molecule has 3 nitrogen and oxygen atoms in total. The van der Waals surface area contributed by atoms with Gasteiger partial charge < -0.3 is 4.74 Å². The van der Waals surface area contributed by atoms with Crippen molar-refractivity contribution >= 4 is 11.0 Å². The van der Waals surface area contributed by atoms with Gasteiger partial charge in [-0.2, -0.15) is 4.39 Å². The van der Waals surface area contributed by atoms with Crippen molar-refractivity contribution in [1.29, 1.82) is 0 Å². The number of aromatic nitrogens is 2. The Morgan fingerprint density at radius 3 is 2.58 bits per heavy atom. The first-order chi connectivity index (χ1) is 8.96. The Labute approximate surface area is 105 Å². The molecule has 0 bridgehead atoms. The summed E-state index contributed by atoms with van der Waals surface area (Å²) in [6.45, 7) is 0. The van der Waals surface area contributed by atoms with E-state index in [0.29, 0.717) is 0 Å². The van der Waals surface area contributed by atoms with Gasteiger partial charge in [-0.05, 0) is 31.4 Å². The molecule has 1 aromatic heterocycles. The maximum atomic E-state index is 13.8. The predicted octanol–water partition coefficient (Wildman–Crippen LogP) is 3.80. The molecule has 1 aliphatic carbocycles. The van der Waals surface area contributed by atoms with Gasteiger partial charge in [0, 0.05) is 6.04 Å². The fourth-order valence-corrected chi connectivity index (χ4v) is 2.27. The van der Waals surface area contributed by atoms with Gasteiger partial charge in [-0.15, -0.1) is 13.2 Å². The summed E-state index contributed by atoms with van der Waals surface area (Å²) in [4.78, 5) is 3.66. The van der Waals surface area contributed by atoms with Gasteiger partial charge in [0.1, 0.15) is 5.52 Å². The van der Waals surface area contributed by atoms with E-state index in [1.807, 2.05) is 0 Å². The van der Waals surface area contributed by atoms with Crippen molar-refractivity contribution in [2.45, 2.75) is 31.7 Å². The molecule has 0 amide bonds. The standard InChI is InChI=1S/C12H10F4N2O/c13-11-17-8-5-2-6-9(19-12(14,15)16)10(8)18(11)7-3-1-4-7/h2,5-7H,1,3-4H2. The number of para-hydroxylation sites is 1. The number of hydrogen-bond donors (Lipinski definition) is 0. The fourth-order valence-electron chi connectivity index (χ4n) is 2.27. The monoisotopic (exact) mass is 274 g/mol. The number of fused-ring (bicyclic) bond motifs is 1. The lowest BCUT2D eigenvalue weighted by molar-refractivity contribution is -0.274. The molecule has 0 aliphatic heterocycles. The van der Waals surface area contributed by atoms with Crippen LogP contribution in [0.1, 0.15) is 25.3 Å². The minimum Gasteiger partial charge on any atom is -0.403 e. The van der Waals surface area contributed by atoms with E-state index in [1.165, 1.54) is 22.8 Å².